The number of piperidine rings is 1. The Morgan fingerprint density at radius 3 is 2.59 bits per heavy atom. The lowest BCUT2D eigenvalue weighted by atomic mass is 9.68. The second kappa shape index (κ2) is 7.95. The number of aromatic nitrogens is 1. The van der Waals surface area contributed by atoms with Crippen LogP contribution in [0.4, 0.5) is 4.39 Å². The molecule has 29 heavy (non-hydrogen) atoms. The van der Waals surface area contributed by atoms with Gasteiger partial charge in [-0.15, -0.1) is 0 Å². The normalized spacial score (nSPS) is 28.0. The first-order valence-electron chi connectivity index (χ1n) is 11.4. The summed E-state index contributed by atoms with van der Waals surface area (Å²) in [6.45, 7) is 3.19. The average molecular weight is 402 g/mol. The summed E-state index contributed by atoms with van der Waals surface area (Å²) in [6, 6.07) is 2.07. The van der Waals surface area contributed by atoms with Gasteiger partial charge in [0.25, 0.3) is 5.91 Å². The van der Waals surface area contributed by atoms with Crippen molar-refractivity contribution < 1.29 is 13.9 Å². The Morgan fingerprint density at radius 1 is 1.14 bits per heavy atom. The number of ether oxygens (including phenoxy) is 1. The van der Waals surface area contributed by atoms with Crippen molar-refractivity contribution in [2.45, 2.75) is 82.0 Å². The van der Waals surface area contributed by atoms with Crippen LogP contribution in [0, 0.1) is 11.7 Å². The van der Waals surface area contributed by atoms with E-state index in [1.807, 2.05) is 0 Å². The molecule has 2 saturated carbocycles. The van der Waals surface area contributed by atoms with Crippen molar-refractivity contribution in [2.24, 2.45) is 5.92 Å². The minimum atomic E-state index is -0.232. The largest absolute Gasteiger partial charge is 0.366 e. The lowest BCUT2D eigenvalue weighted by molar-refractivity contribution is -0.211. The highest BCUT2D eigenvalue weighted by Crippen LogP contribution is 2.48. The van der Waals surface area contributed by atoms with Crippen LogP contribution in [0.15, 0.2) is 18.5 Å². The van der Waals surface area contributed by atoms with Gasteiger partial charge in [0, 0.05) is 37.4 Å². The van der Waals surface area contributed by atoms with Gasteiger partial charge >= 0.3 is 0 Å². The summed E-state index contributed by atoms with van der Waals surface area (Å²) in [5.41, 5.74) is 0.657. The molecule has 2 saturated heterocycles. The number of carbonyl (C=O) groups is 1. The maximum atomic E-state index is 13.9. The number of likely N-dealkylation sites (tertiary alicyclic amines) is 2. The molecular formula is C23H32FN3O2. The number of nitrogens with zero attached hydrogens (tertiary/aromatic N) is 3. The Bertz CT molecular complexity index is 739. The van der Waals surface area contributed by atoms with Gasteiger partial charge in [-0.2, -0.15) is 0 Å². The molecule has 4 aliphatic rings. The first kappa shape index (κ1) is 19.4. The summed E-state index contributed by atoms with van der Waals surface area (Å²) < 4.78 is 20.1. The molecule has 3 heterocycles. The monoisotopic (exact) mass is 401 g/mol. The predicted octanol–water partition coefficient (Wildman–Crippen LogP) is 3.53. The van der Waals surface area contributed by atoms with E-state index >= 15 is 0 Å². The molecule has 1 aromatic heterocycles. The smallest absolute Gasteiger partial charge is 0.254 e. The minimum Gasteiger partial charge on any atom is -0.366 e. The van der Waals surface area contributed by atoms with Gasteiger partial charge in [0.15, 0.2) is 6.10 Å². The van der Waals surface area contributed by atoms with Gasteiger partial charge in [-0.3, -0.25) is 14.7 Å². The lowest BCUT2D eigenvalue weighted by Gasteiger charge is -2.62. The molecule has 6 heteroatoms. The van der Waals surface area contributed by atoms with Gasteiger partial charge in [0.05, 0.1) is 18.3 Å². The minimum absolute atomic E-state index is 0.0474. The number of hydrogen-bond acceptors (Lipinski definition) is 4. The first-order chi connectivity index (χ1) is 14.2. The van der Waals surface area contributed by atoms with Crippen LogP contribution in [-0.4, -0.2) is 58.1 Å². The predicted molar refractivity (Wildman–Crippen MR) is 108 cm³/mol. The fraction of sp³-hybridized carbons (Fsp3) is 0.739. The second-order valence-corrected chi connectivity index (χ2v) is 9.50. The van der Waals surface area contributed by atoms with E-state index in [1.165, 1.54) is 38.3 Å². The van der Waals surface area contributed by atoms with Gasteiger partial charge in [0.1, 0.15) is 5.82 Å². The van der Waals surface area contributed by atoms with E-state index in [2.05, 4.69) is 14.8 Å². The maximum Gasteiger partial charge on any atom is 0.254 e. The number of hydrogen-bond donors (Lipinski definition) is 0. The summed E-state index contributed by atoms with van der Waals surface area (Å²) in [7, 11) is 0. The van der Waals surface area contributed by atoms with Crippen LogP contribution < -0.4 is 0 Å². The van der Waals surface area contributed by atoms with Crippen LogP contribution in [0.25, 0.3) is 0 Å². The Balaban J connectivity index is 1.22. The van der Waals surface area contributed by atoms with Gasteiger partial charge < -0.3 is 9.64 Å². The molecule has 5 rings (SSSR count). The van der Waals surface area contributed by atoms with Crippen LogP contribution in [-0.2, 0) is 16.1 Å². The Kier molecular flexibility index (Phi) is 5.33. The molecule has 0 N–H and O–H groups in total. The molecule has 158 valence electrons. The van der Waals surface area contributed by atoms with Crippen molar-refractivity contribution in [3.63, 3.8) is 0 Å². The molecule has 1 amide bonds. The Morgan fingerprint density at radius 2 is 1.90 bits per heavy atom. The molecular weight excluding hydrogens is 369 g/mol. The molecule has 1 aromatic rings. The summed E-state index contributed by atoms with van der Waals surface area (Å²) in [6.07, 6.45) is 13.1. The van der Waals surface area contributed by atoms with Crippen LogP contribution in [0.3, 0.4) is 0 Å². The molecule has 1 spiro atoms. The van der Waals surface area contributed by atoms with Gasteiger partial charge in [-0.25, -0.2) is 4.39 Å². The molecule has 2 aliphatic carbocycles. The molecule has 0 radical (unpaired) electrons. The highest BCUT2D eigenvalue weighted by molar-refractivity contribution is 5.90. The van der Waals surface area contributed by atoms with E-state index in [9.17, 15) is 9.18 Å². The Labute approximate surface area is 172 Å². The van der Waals surface area contributed by atoms with Crippen molar-refractivity contribution in [3.8, 4) is 0 Å². The van der Waals surface area contributed by atoms with Crippen molar-refractivity contribution in [3.05, 3.63) is 29.8 Å². The summed E-state index contributed by atoms with van der Waals surface area (Å²) in [4.78, 5) is 21.5. The third-order valence-corrected chi connectivity index (χ3v) is 7.52. The van der Waals surface area contributed by atoms with E-state index in [4.69, 9.17) is 4.74 Å². The number of carbonyl (C=O) groups excluding carboxylic acids is 1. The van der Waals surface area contributed by atoms with E-state index in [0.29, 0.717) is 24.1 Å². The highest BCUT2D eigenvalue weighted by atomic mass is 19.1. The zero-order valence-corrected chi connectivity index (χ0v) is 17.2. The third kappa shape index (κ3) is 3.70. The standard InChI is InChI=1S/C23H32FN3O2/c24-20-14-25-11-6-18(20)15-26-12-7-19(8-13-26)27-22(28)21(29-16-17-4-5-17)23(27)9-2-1-3-10-23/h6,11,14,17,19,21H,1-5,7-10,12-13,15-16H2. The topological polar surface area (TPSA) is 45.7 Å². The van der Waals surface area contributed by atoms with Crippen molar-refractivity contribution in [2.75, 3.05) is 19.7 Å². The fourth-order valence-electron chi connectivity index (χ4n) is 5.70. The zero-order chi connectivity index (χ0) is 19.8. The number of halogens is 1. The number of rotatable bonds is 6. The van der Waals surface area contributed by atoms with Gasteiger partial charge in [0.2, 0.25) is 0 Å². The maximum absolute atomic E-state index is 13.9. The number of amides is 1. The second-order valence-electron chi connectivity index (χ2n) is 9.50. The van der Waals surface area contributed by atoms with Crippen molar-refractivity contribution >= 4 is 5.91 Å². The lowest BCUT2D eigenvalue weighted by Crippen LogP contribution is -2.78. The molecule has 2 aliphatic heterocycles. The molecule has 0 aromatic carbocycles. The molecule has 1 unspecified atom stereocenters. The van der Waals surface area contributed by atoms with Gasteiger partial charge in [-0.1, -0.05) is 19.3 Å². The quantitative estimate of drug-likeness (QED) is 0.684. The SMILES string of the molecule is O=C1C(OCC2CC2)C2(CCCCC2)N1C1CCN(Cc2ccncc2F)CC1. The highest BCUT2D eigenvalue weighted by Gasteiger charge is 2.62. The third-order valence-electron chi connectivity index (χ3n) is 7.52. The van der Waals surface area contributed by atoms with E-state index in [0.717, 1.165) is 45.4 Å². The summed E-state index contributed by atoms with van der Waals surface area (Å²) in [5, 5.41) is 0. The summed E-state index contributed by atoms with van der Waals surface area (Å²) in [5.74, 6) is 0.685. The van der Waals surface area contributed by atoms with Crippen molar-refractivity contribution in [1.82, 2.24) is 14.8 Å². The molecule has 1 atom stereocenters. The average Bonchev–Trinajstić information content (AvgIpc) is 3.56. The van der Waals surface area contributed by atoms with Crippen LogP contribution >= 0.6 is 0 Å². The van der Waals surface area contributed by atoms with Crippen molar-refractivity contribution in [1.29, 1.82) is 0 Å². The first-order valence-corrected chi connectivity index (χ1v) is 11.4. The van der Waals surface area contributed by atoms with E-state index in [-0.39, 0.29) is 23.4 Å². The molecule has 4 fully saturated rings. The number of pyridine rings is 1. The number of β-lactam (4-membered cyclic amide) rings is 1. The Hall–Kier alpha value is -1.53. The van der Waals surface area contributed by atoms with Crippen LogP contribution in [0.5, 0.6) is 0 Å². The van der Waals surface area contributed by atoms with E-state index in [1.54, 1.807) is 12.3 Å². The molecule has 0 bridgehead atoms. The summed E-state index contributed by atoms with van der Waals surface area (Å²) >= 11 is 0. The van der Waals surface area contributed by atoms with E-state index < -0.39 is 0 Å². The van der Waals surface area contributed by atoms with Crippen LogP contribution in [0.2, 0.25) is 0 Å². The fourth-order valence-corrected chi connectivity index (χ4v) is 5.70. The van der Waals surface area contributed by atoms with Gasteiger partial charge in [-0.05, 0) is 50.5 Å². The molecule has 5 nitrogen and oxygen atoms in total. The van der Waals surface area contributed by atoms with Crippen LogP contribution in [0.1, 0.15) is 63.4 Å². The zero-order valence-electron chi connectivity index (χ0n) is 17.2.